The summed E-state index contributed by atoms with van der Waals surface area (Å²) in [5, 5.41) is 3.48. The van der Waals surface area contributed by atoms with E-state index in [4.69, 9.17) is 0 Å². The van der Waals surface area contributed by atoms with E-state index in [1.165, 1.54) is 0 Å². The Morgan fingerprint density at radius 2 is 2.06 bits per heavy atom. The molecule has 2 rings (SSSR count). The number of nitrogens with zero attached hydrogens (tertiary/aromatic N) is 1. The fourth-order valence-corrected chi connectivity index (χ4v) is 2.11. The molecule has 0 aliphatic carbocycles. The van der Waals surface area contributed by atoms with E-state index in [1.54, 1.807) is 0 Å². The van der Waals surface area contributed by atoms with Crippen molar-refractivity contribution in [2.75, 3.05) is 16.8 Å². The Kier molecular flexibility index (Phi) is 3.90. The monoisotopic (exact) mass is 246 g/mol. The zero-order valence-corrected chi connectivity index (χ0v) is 11.4. The Morgan fingerprint density at radius 3 is 2.67 bits per heavy atom. The van der Waals surface area contributed by atoms with Gasteiger partial charge in [-0.05, 0) is 37.5 Å². The van der Waals surface area contributed by atoms with E-state index in [9.17, 15) is 4.79 Å². The number of hydrogen-bond acceptors (Lipinski definition) is 2. The number of amides is 1. The van der Waals surface area contributed by atoms with Crippen LogP contribution in [0, 0.1) is 5.92 Å². The second kappa shape index (κ2) is 5.42. The summed E-state index contributed by atoms with van der Waals surface area (Å²) in [4.78, 5) is 13.6. The van der Waals surface area contributed by atoms with Gasteiger partial charge in [0, 0.05) is 30.4 Å². The Morgan fingerprint density at radius 1 is 1.28 bits per heavy atom. The molecule has 0 saturated carbocycles. The normalized spacial score (nSPS) is 17.3. The van der Waals surface area contributed by atoms with Gasteiger partial charge in [0.05, 0.1) is 0 Å². The molecule has 1 amide bonds. The van der Waals surface area contributed by atoms with E-state index in [0.29, 0.717) is 18.4 Å². The fourth-order valence-electron chi connectivity index (χ4n) is 2.11. The highest BCUT2D eigenvalue weighted by Crippen LogP contribution is 2.25. The third-order valence-electron chi connectivity index (χ3n) is 3.63. The molecule has 1 aliphatic rings. The molecule has 0 bridgehead atoms. The Bertz CT molecular complexity index is 428. The van der Waals surface area contributed by atoms with Crippen LogP contribution in [0.5, 0.6) is 0 Å². The van der Waals surface area contributed by atoms with E-state index >= 15 is 0 Å². The molecule has 18 heavy (non-hydrogen) atoms. The first-order valence-electron chi connectivity index (χ1n) is 6.75. The van der Waals surface area contributed by atoms with Gasteiger partial charge < -0.3 is 10.2 Å². The van der Waals surface area contributed by atoms with Crippen molar-refractivity contribution < 1.29 is 4.79 Å². The lowest BCUT2D eigenvalue weighted by atomic mass is 10.1. The van der Waals surface area contributed by atoms with E-state index in [-0.39, 0.29) is 5.91 Å². The average molecular weight is 246 g/mol. The maximum absolute atomic E-state index is 11.7. The Labute approximate surface area is 109 Å². The molecule has 0 radical (unpaired) electrons. The van der Waals surface area contributed by atoms with Crippen molar-refractivity contribution in [3.05, 3.63) is 24.3 Å². The summed E-state index contributed by atoms with van der Waals surface area (Å²) in [6.07, 6.45) is 1.65. The van der Waals surface area contributed by atoms with Gasteiger partial charge in [-0.2, -0.15) is 0 Å². The predicted octanol–water partition coefficient (Wildman–Crippen LogP) is 3.27. The maximum Gasteiger partial charge on any atom is 0.227 e. The standard InChI is InChI=1S/C15H22N2O/c1-11(2)12(3)16-13-6-4-7-14(10-13)17-9-5-8-15(17)18/h4,6-7,10-12,16H,5,8-9H2,1-3H3. The molecule has 3 heteroatoms. The van der Waals surface area contributed by atoms with Gasteiger partial charge >= 0.3 is 0 Å². The van der Waals surface area contributed by atoms with Crippen molar-refractivity contribution in [3.8, 4) is 0 Å². The van der Waals surface area contributed by atoms with Crippen LogP contribution in [0.3, 0.4) is 0 Å². The molecule has 98 valence electrons. The highest BCUT2D eigenvalue weighted by atomic mass is 16.2. The van der Waals surface area contributed by atoms with Crippen molar-refractivity contribution in [3.63, 3.8) is 0 Å². The molecular weight excluding hydrogens is 224 g/mol. The van der Waals surface area contributed by atoms with Crippen LogP contribution in [-0.2, 0) is 4.79 Å². The van der Waals surface area contributed by atoms with Crippen molar-refractivity contribution in [2.45, 2.75) is 39.7 Å². The number of anilines is 2. The van der Waals surface area contributed by atoms with Crippen LogP contribution in [0.2, 0.25) is 0 Å². The Hall–Kier alpha value is -1.51. The molecule has 1 aromatic carbocycles. The highest BCUT2D eigenvalue weighted by molar-refractivity contribution is 5.95. The van der Waals surface area contributed by atoms with Crippen LogP contribution in [0.1, 0.15) is 33.6 Å². The third kappa shape index (κ3) is 2.84. The minimum absolute atomic E-state index is 0.240. The number of carbonyl (C=O) groups excluding carboxylic acids is 1. The lowest BCUT2D eigenvalue weighted by Gasteiger charge is -2.21. The minimum atomic E-state index is 0.240. The van der Waals surface area contributed by atoms with E-state index in [0.717, 1.165) is 24.3 Å². The summed E-state index contributed by atoms with van der Waals surface area (Å²) < 4.78 is 0. The van der Waals surface area contributed by atoms with Gasteiger partial charge in [0.2, 0.25) is 5.91 Å². The van der Waals surface area contributed by atoms with Gasteiger partial charge in [0.1, 0.15) is 0 Å². The van der Waals surface area contributed by atoms with E-state index < -0.39 is 0 Å². The van der Waals surface area contributed by atoms with Crippen LogP contribution < -0.4 is 10.2 Å². The smallest absolute Gasteiger partial charge is 0.227 e. The van der Waals surface area contributed by atoms with Gasteiger partial charge in [0.15, 0.2) is 0 Å². The van der Waals surface area contributed by atoms with Crippen LogP contribution in [-0.4, -0.2) is 18.5 Å². The first-order valence-corrected chi connectivity index (χ1v) is 6.75. The first-order chi connectivity index (χ1) is 8.58. The lowest BCUT2D eigenvalue weighted by molar-refractivity contribution is -0.117. The molecule has 0 aromatic heterocycles. The molecule has 1 unspecified atom stereocenters. The molecule has 1 aromatic rings. The zero-order valence-electron chi connectivity index (χ0n) is 11.4. The molecule has 1 fully saturated rings. The summed E-state index contributed by atoms with van der Waals surface area (Å²) >= 11 is 0. The molecule has 1 atom stereocenters. The van der Waals surface area contributed by atoms with Crippen molar-refractivity contribution >= 4 is 17.3 Å². The van der Waals surface area contributed by atoms with Crippen molar-refractivity contribution in [1.29, 1.82) is 0 Å². The van der Waals surface area contributed by atoms with E-state index in [2.05, 4.69) is 38.2 Å². The molecule has 3 nitrogen and oxygen atoms in total. The number of nitrogens with one attached hydrogen (secondary N) is 1. The van der Waals surface area contributed by atoms with Gasteiger partial charge in [-0.1, -0.05) is 19.9 Å². The molecule has 0 spiro atoms. The van der Waals surface area contributed by atoms with Crippen molar-refractivity contribution in [1.82, 2.24) is 0 Å². The van der Waals surface area contributed by atoms with Gasteiger partial charge in [-0.15, -0.1) is 0 Å². The van der Waals surface area contributed by atoms with Crippen LogP contribution in [0.25, 0.3) is 0 Å². The SMILES string of the molecule is CC(C)C(C)Nc1cccc(N2CCCC2=O)c1. The molecular formula is C15H22N2O. The molecule has 1 heterocycles. The number of benzene rings is 1. The summed E-state index contributed by atoms with van der Waals surface area (Å²) in [6, 6.07) is 8.57. The average Bonchev–Trinajstić information content (AvgIpc) is 2.75. The number of rotatable bonds is 4. The zero-order chi connectivity index (χ0) is 13.1. The summed E-state index contributed by atoms with van der Waals surface area (Å²) in [7, 11) is 0. The summed E-state index contributed by atoms with van der Waals surface area (Å²) in [6.45, 7) is 7.43. The molecule has 1 saturated heterocycles. The second-order valence-corrected chi connectivity index (χ2v) is 5.38. The fraction of sp³-hybridized carbons (Fsp3) is 0.533. The number of carbonyl (C=O) groups is 1. The molecule has 1 aliphatic heterocycles. The second-order valence-electron chi connectivity index (χ2n) is 5.38. The number of hydrogen-bond donors (Lipinski definition) is 1. The topological polar surface area (TPSA) is 32.3 Å². The lowest BCUT2D eigenvalue weighted by Crippen LogP contribution is -2.24. The van der Waals surface area contributed by atoms with Crippen molar-refractivity contribution in [2.24, 2.45) is 5.92 Å². The van der Waals surface area contributed by atoms with Crippen LogP contribution in [0.15, 0.2) is 24.3 Å². The largest absolute Gasteiger partial charge is 0.382 e. The van der Waals surface area contributed by atoms with Gasteiger partial charge in [-0.3, -0.25) is 4.79 Å². The quantitative estimate of drug-likeness (QED) is 0.884. The summed E-state index contributed by atoms with van der Waals surface area (Å²) in [5.74, 6) is 0.825. The van der Waals surface area contributed by atoms with Gasteiger partial charge in [0.25, 0.3) is 0 Å². The molecule has 1 N–H and O–H groups in total. The van der Waals surface area contributed by atoms with E-state index in [1.807, 2.05) is 17.0 Å². The first kappa shape index (κ1) is 12.9. The highest BCUT2D eigenvalue weighted by Gasteiger charge is 2.21. The minimum Gasteiger partial charge on any atom is -0.382 e. The van der Waals surface area contributed by atoms with Gasteiger partial charge in [-0.25, -0.2) is 0 Å². The maximum atomic E-state index is 11.7. The third-order valence-corrected chi connectivity index (χ3v) is 3.63. The van der Waals surface area contributed by atoms with Crippen LogP contribution >= 0.6 is 0 Å². The van der Waals surface area contributed by atoms with Crippen LogP contribution in [0.4, 0.5) is 11.4 Å². The Balaban J connectivity index is 2.12. The summed E-state index contributed by atoms with van der Waals surface area (Å²) in [5.41, 5.74) is 2.10. The predicted molar refractivity (Wildman–Crippen MR) is 76.0 cm³/mol.